The summed E-state index contributed by atoms with van der Waals surface area (Å²) in [5, 5.41) is 12.5. The molecule has 0 radical (unpaired) electrons. The van der Waals surface area contributed by atoms with Gasteiger partial charge >= 0.3 is 0 Å². The highest BCUT2D eigenvalue weighted by Gasteiger charge is 2.23. The zero-order valence-electron chi connectivity index (χ0n) is 19.4. The molecule has 7 heteroatoms. The van der Waals surface area contributed by atoms with Gasteiger partial charge in [-0.3, -0.25) is 0 Å². The maximum atomic E-state index is 6.43. The Morgan fingerprint density at radius 2 is 1.94 bits per heavy atom. The highest BCUT2D eigenvalue weighted by molar-refractivity contribution is 6.29. The summed E-state index contributed by atoms with van der Waals surface area (Å²) < 4.78 is 0. The SMILES string of the molecule is CNC(CN[C@H]1CCC[C@H](Nc2cc(-c3c[nH]c4ncccc34)cc(Cl)n2)C1)c1ccccc1. The fourth-order valence-corrected chi connectivity index (χ4v) is 5.20. The quantitative estimate of drug-likeness (QED) is 0.252. The van der Waals surface area contributed by atoms with E-state index < -0.39 is 0 Å². The summed E-state index contributed by atoms with van der Waals surface area (Å²) in [7, 11) is 2.02. The maximum Gasteiger partial charge on any atom is 0.137 e. The number of pyridine rings is 2. The van der Waals surface area contributed by atoms with E-state index in [0.29, 0.717) is 23.3 Å². The van der Waals surface area contributed by atoms with Crippen LogP contribution in [0.15, 0.2) is 67.0 Å². The molecule has 3 heterocycles. The Bertz CT molecular complexity index is 1220. The number of aromatic nitrogens is 3. The van der Waals surface area contributed by atoms with Gasteiger partial charge in [-0.2, -0.15) is 0 Å². The Morgan fingerprint density at radius 3 is 2.79 bits per heavy atom. The van der Waals surface area contributed by atoms with Gasteiger partial charge in [0, 0.05) is 48.0 Å². The Kier molecular flexibility index (Phi) is 7.09. The minimum Gasteiger partial charge on any atom is -0.367 e. The van der Waals surface area contributed by atoms with Crippen molar-refractivity contribution >= 4 is 28.5 Å². The predicted molar refractivity (Wildman–Crippen MR) is 140 cm³/mol. The first kappa shape index (κ1) is 22.8. The van der Waals surface area contributed by atoms with Gasteiger partial charge in [0.25, 0.3) is 0 Å². The second kappa shape index (κ2) is 10.6. The van der Waals surface area contributed by atoms with Crippen LogP contribution in [-0.4, -0.2) is 40.6 Å². The van der Waals surface area contributed by atoms with Crippen LogP contribution in [0, 0.1) is 0 Å². The third kappa shape index (κ3) is 5.25. The van der Waals surface area contributed by atoms with E-state index in [1.807, 2.05) is 25.4 Å². The maximum absolute atomic E-state index is 6.43. The number of aromatic amines is 1. The van der Waals surface area contributed by atoms with Gasteiger partial charge in [-0.25, -0.2) is 9.97 Å². The average Bonchev–Trinajstić information content (AvgIpc) is 3.29. The third-order valence-electron chi connectivity index (χ3n) is 6.74. The van der Waals surface area contributed by atoms with Crippen LogP contribution < -0.4 is 16.0 Å². The van der Waals surface area contributed by atoms with Crippen molar-refractivity contribution in [1.82, 2.24) is 25.6 Å². The van der Waals surface area contributed by atoms with Gasteiger partial charge in [0.05, 0.1) is 0 Å². The summed E-state index contributed by atoms with van der Waals surface area (Å²) in [4.78, 5) is 12.2. The predicted octanol–water partition coefficient (Wildman–Crippen LogP) is 5.55. The number of benzene rings is 1. The average molecular weight is 475 g/mol. The van der Waals surface area contributed by atoms with Crippen LogP contribution in [-0.2, 0) is 0 Å². The van der Waals surface area contributed by atoms with Gasteiger partial charge in [0.15, 0.2) is 0 Å². The molecule has 0 saturated heterocycles. The van der Waals surface area contributed by atoms with Crippen molar-refractivity contribution < 1.29 is 0 Å². The first-order valence-corrected chi connectivity index (χ1v) is 12.4. The molecule has 0 aliphatic heterocycles. The van der Waals surface area contributed by atoms with E-state index in [1.165, 1.54) is 18.4 Å². The number of hydrogen-bond acceptors (Lipinski definition) is 5. The van der Waals surface area contributed by atoms with Gasteiger partial charge in [0.2, 0.25) is 0 Å². The molecule has 1 aliphatic rings. The molecular formula is C27H31ClN6. The first-order chi connectivity index (χ1) is 16.7. The Balaban J connectivity index is 1.25. The Morgan fingerprint density at radius 1 is 1.09 bits per heavy atom. The third-order valence-corrected chi connectivity index (χ3v) is 6.94. The fourth-order valence-electron chi connectivity index (χ4n) is 4.99. The highest BCUT2D eigenvalue weighted by atomic mass is 35.5. The van der Waals surface area contributed by atoms with Gasteiger partial charge < -0.3 is 20.9 Å². The summed E-state index contributed by atoms with van der Waals surface area (Å²) in [5.74, 6) is 0.823. The summed E-state index contributed by atoms with van der Waals surface area (Å²) in [6.45, 7) is 0.909. The van der Waals surface area contributed by atoms with Gasteiger partial charge in [-0.05, 0) is 68.1 Å². The molecule has 34 heavy (non-hydrogen) atoms. The molecule has 1 aliphatic carbocycles. The largest absolute Gasteiger partial charge is 0.367 e. The molecule has 4 N–H and O–H groups in total. The number of fused-ring (bicyclic) bond motifs is 1. The molecule has 0 bridgehead atoms. The fraction of sp³-hybridized carbons (Fsp3) is 0.333. The molecule has 1 saturated carbocycles. The van der Waals surface area contributed by atoms with Crippen molar-refractivity contribution in [2.75, 3.05) is 18.9 Å². The number of H-pyrrole nitrogens is 1. The molecule has 1 fully saturated rings. The van der Waals surface area contributed by atoms with Crippen LogP contribution in [0.5, 0.6) is 0 Å². The Hall–Kier alpha value is -2.93. The van der Waals surface area contributed by atoms with Crippen molar-refractivity contribution in [2.24, 2.45) is 0 Å². The molecule has 0 spiro atoms. The molecule has 4 aromatic rings. The molecule has 5 rings (SSSR count). The normalized spacial score (nSPS) is 19.2. The van der Waals surface area contributed by atoms with Crippen LogP contribution in [0.4, 0.5) is 5.82 Å². The topological polar surface area (TPSA) is 77.7 Å². The number of halogens is 1. The number of hydrogen-bond donors (Lipinski definition) is 4. The standard InChI is InChI=1S/C27H31ClN6/c1-29-24(18-7-3-2-4-8-18)17-31-20-9-5-10-21(15-20)33-26-14-19(13-25(28)34-26)23-16-32-27-22(23)11-6-12-30-27/h2-4,6-8,11-14,16,20-21,24,29,31H,5,9-10,15,17H2,1H3,(H,30,32)(H,33,34)/t20-,21-,24?/m0/s1. The summed E-state index contributed by atoms with van der Waals surface area (Å²) in [6, 6.07) is 19.8. The number of rotatable bonds is 8. The summed E-state index contributed by atoms with van der Waals surface area (Å²) >= 11 is 6.43. The minimum atomic E-state index is 0.303. The Labute approximate surface area is 205 Å². The van der Waals surface area contributed by atoms with Crippen LogP contribution in [0.3, 0.4) is 0 Å². The van der Waals surface area contributed by atoms with Crippen molar-refractivity contribution in [3.63, 3.8) is 0 Å². The highest BCUT2D eigenvalue weighted by Crippen LogP contribution is 2.31. The molecule has 0 amide bonds. The van der Waals surface area contributed by atoms with E-state index in [-0.39, 0.29) is 0 Å². The van der Waals surface area contributed by atoms with Crippen LogP contribution in [0.25, 0.3) is 22.2 Å². The molecule has 3 aromatic heterocycles. The number of likely N-dealkylation sites (N-methyl/N-ethyl adjacent to an activating group) is 1. The molecule has 1 unspecified atom stereocenters. The molecular weight excluding hydrogens is 444 g/mol. The lowest BCUT2D eigenvalue weighted by Crippen LogP contribution is -2.42. The summed E-state index contributed by atoms with van der Waals surface area (Å²) in [5.41, 5.74) is 4.30. The molecule has 1 aromatic carbocycles. The zero-order chi connectivity index (χ0) is 23.3. The molecule has 176 valence electrons. The van der Waals surface area contributed by atoms with Crippen molar-refractivity contribution in [3.05, 3.63) is 77.7 Å². The van der Waals surface area contributed by atoms with E-state index in [4.69, 9.17) is 11.6 Å². The van der Waals surface area contributed by atoms with E-state index >= 15 is 0 Å². The van der Waals surface area contributed by atoms with Gasteiger partial charge in [-0.15, -0.1) is 0 Å². The van der Waals surface area contributed by atoms with Crippen molar-refractivity contribution in [1.29, 1.82) is 0 Å². The molecule has 3 atom stereocenters. The van der Waals surface area contributed by atoms with Crippen LogP contribution >= 0.6 is 11.6 Å². The lowest BCUT2D eigenvalue weighted by molar-refractivity contribution is 0.339. The monoisotopic (exact) mass is 474 g/mol. The van der Waals surface area contributed by atoms with E-state index in [2.05, 4.69) is 73.4 Å². The number of nitrogens with zero attached hydrogens (tertiary/aromatic N) is 2. The minimum absolute atomic E-state index is 0.303. The second-order valence-corrected chi connectivity index (χ2v) is 9.42. The van der Waals surface area contributed by atoms with Crippen molar-refractivity contribution in [2.45, 2.75) is 43.8 Å². The van der Waals surface area contributed by atoms with Gasteiger partial charge in [0.1, 0.15) is 16.6 Å². The van der Waals surface area contributed by atoms with E-state index in [1.54, 1.807) is 6.20 Å². The molecule has 6 nitrogen and oxygen atoms in total. The smallest absolute Gasteiger partial charge is 0.137 e. The van der Waals surface area contributed by atoms with Crippen molar-refractivity contribution in [3.8, 4) is 11.1 Å². The van der Waals surface area contributed by atoms with Gasteiger partial charge in [-0.1, -0.05) is 41.9 Å². The second-order valence-electron chi connectivity index (χ2n) is 9.03. The number of nitrogens with one attached hydrogen (secondary N) is 4. The summed E-state index contributed by atoms with van der Waals surface area (Å²) in [6.07, 6.45) is 8.35. The van der Waals surface area contributed by atoms with E-state index in [9.17, 15) is 0 Å². The lowest BCUT2D eigenvalue weighted by atomic mass is 9.90. The zero-order valence-corrected chi connectivity index (χ0v) is 20.1. The lowest BCUT2D eigenvalue weighted by Gasteiger charge is -2.32. The van der Waals surface area contributed by atoms with Crippen LogP contribution in [0.2, 0.25) is 5.15 Å². The first-order valence-electron chi connectivity index (χ1n) is 12.0. The number of anilines is 1. The van der Waals surface area contributed by atoms with Crippen LogP contribution in [0.1, 0.15) is 37.3 Å². The van der Waals surface area contributed by atoms with E-state index in [0.717, 1.165) is 47.4 Å².